The first-order valence-corrected chi connectivity index (χ1v) is 7.39. The van der Waals surface area contributed by atoms with Crippen LogP contribution in [0.2, 0.25) is 0 Å². The van der Waals surface area contributed by atoms with Crippen LogP contribution in [0.15, 0.2) is 24.3 Å². The van der Waals surface area contributed by atoms with Crippen molar-refractivity contribution >= 4 is 11.6 Å². The van der Waals surface area contributed by atoms with Crippen molar-refractivity contribution in [3.8, 4) is 0 Å². The van der Waals surface area contributed by atoms with Gasteiger partial charge in [-0.1, -0.05) is 18.2 Å². The van der Waals surface area contributed by atoms with Crippen LogP contribution in [0, 0.1) is 16.0 Å². The topological polar surface area (TPSA) is 75.5 Å². The number of nitro groups is 1. The fourth-order valence-electron chi connectivity index (χ4n) is 3.48. The van der Waals surface area contributed by atoms with Gasteiger partial charge < -0.3 is 10.2 Å². The summed E-state index contributed by atoms with van der Waals surface area (Å²) >= 11 is 0. The quantitative estimate of drug-likeness (QED) is 0.673. The number of nitrogens with zero attached hydrogens (tertiary/aromatic N) is 2. The molecule has 6 nitrogen and oxygen atoms in total. The number of rotatable bonds is 3. The Morgan fingerprint density at radius 1 is 1.38 bits per heavy atom. The third kappa shape index (κ3) is 2.76. The zero-order valence-electron chi connectivity index (χ0n) is 11.8. The van der Waals surface area contributed by atoms with E-state index >= 15 is 0 Å². The second-order valence-corrected chi connectivity index (χ2v) is 5.78. The van der Waals surface area contributed by atoms with E-state index in [2.05, 4.69) is 5.32 Å². The lowest BCUT2D eigenvalue weighted by Crippen LogP contribution is -2.48. The molecule has 0 saturated carbocycles. The summed E-state index contributed by atoms with van der Waals surface area (Å²) in [6.07, 6.45) is 2.29. The van der Waals surface area contributed by atoms with Gasteiger partial charge in [-0.15, -0.1) is 0 Å². The van der Waals surface area contributed by atoms with Crippen LogP contribution in [0.1, 0.15) is 18.4 Å². The van der Waals surface area contributed by atoms with Crippen molar-refractivity contribution in [2.75, 3.05) is 19.6 Å². The molecule has 2 atom stereocenters. The summed E-state index contributed by atoms with van der Waals surface area (Å²) in [5.41, 5.74) is 0.532. The maximum atomic E-state index is 12.6. The van der Waals surface area contributed by atoms with E-state index in [-0.39, 0.29) is 24.1 Å². The number of amides is 1. The molecule has 2 unspecified atom stereocenters. The van der Waals surface area contributed by atoms with Crippen LogP contribution >= 0.6 is 0 Å². The van der Waals surface area contributed by atoms with Crippen LogP contribution in [0.3, 0.4) is 0 Å². The lowest BCUT2D eigenvalue weighted by molar-refractivity contribution is -0.385. The molecule has 21 heavy (non-hydrogen) atoms. The van der Waals surface area contributed by atoms with Crippen LogP contribution in [-0.2, 0) is 11.2 Å². The van der Waals surface area contributed by atoms with Gasteiger partial charge in [-0.05, 0) is 18.8 Å². The van der Waals surface area contributed by atoms with Gasteiger partial charge in [0.15, 0.2) is 0 Å². The molecule has 0 aliphatic carbocycles. The molecule has 6 heteroatoms. The largest absolute Gasteiger partial charge is 0.338 e. The van der Waals surface area contributed by atoms with Gasteiger partial charge in [-0.25, -0.2) is 0 Å². The van der Waals surface area contributed by atoms with Gasteiger partial charge in [-0.2, -0.15) is 0 Å². The highest BCUT2D eigenvalue weighted by Crippen LogP contribution is 2.27. The van der Waals surface area contributed by atoms with Gasteiger partial charge in [-0.3, -0.25) is 14.9 Å². The predicted molar refractivity (Wildman–Crippen MR) is 77.9 cm³/mol. The van der Waals surface area contributed by atoms with Crippen molar-refractivity contribution in [2.24, 2.45) is 5.92 Å². The van der Waals surface area contributed by atoms with Gasteiger partial charge in [0.05, 0.1) is 11.3 Å². The van der Waals surface area contributed by atoms with Crippen molar-refractivity contribution < 1.29 is 9.72 Å². The highest BCUT2D eigenvalue weighted by Gasteiger charge is 2.37. The number of likely N-dealkylation sites (tertiary alicyclic amines) is 1. The summed E-state index contributed by atoms with van der Waals surface area (Å²) in [4.78, 5) is 25.1. The molecular weight excluding hydrogens is 270 g/mol. The fourth-order valence-corrected chi connectivity index (χ4v) is 3.48. The van der Waals surface area contributed by atoms with E-state index in [4.69, 9.17) is 0 Å². The van der Waals surface area contributed by atoms with Crippen molar-refractivity contribution in [3.05, 3.63) is 39.9 Å². The summed E-state index contributed by atoms with van der Waals surface area (Å²) < 4.78 is 0. The summed E-state index contributed by atoms with van der Waals surface area (Å²) in [6, 6.07) is 6.76. The molecule has 2 aliphatic heterocycles. The Morgan fingerprint density at radius 2 is 2.19 bits per heavy atom. The first-order chi connectivity index (χ1) is 10.2. The normalized spacial score (nSPS) is 24.7. The van der Waals surface area contributed by atoms with Crippen LogP contribution in [0.5, 0.6) is 0 Å². The van der Waals surface area contributed by atoms with Crippen LogP contribution < -0.4 is 5.32 Å². The molecule has 2 saturated heterocycles. The second kappa shape index (κ2) is 5.81. The average Bonchev–Trinajstić information content (AvgIpc) is 2.95. The van der Waals surface area contributed by atoms with Crippen molar-refractivity contribution in [3.63, 3.8) is 0 Å². The number of hydrogen-bond acceptors (Lipinski definition) is 4. The van der Waals surface area contributed by atoms with E-state index in [1.165, 1.54) is 6.07 Å². The predicted octanol–water partition coefficient (Wildman–Crippen LogP) is 1.35. The Hall–Kier alpha value is -1.95. The van der Waals surface area contributed by atoms with Crippen LogP contribution in [0.4, 0.5) is 5.69 Å². The van der Waals surface area contributed by atoms with Crippen LogP contribution in [0.25, 0.3) is 0 Å². The molecule has 1 aromatic carbocycles. The lowest BCUT2D eigenvalue weighted by atomic mass is 9.91. The highest BCUT2D eigenvalue weighted by atomic mass is 16.6. The highest BCUT2D eigenvalue weighted by molar-refractivity contribution is 5.80. The molecule has 0 spiro atoms. The SMILES string of the molecule is O=C(Cc1ccccc1[N+](=O)[O-])N1CCCC2CNCC21. The Labute approximate surface area is 123 Å². The van der Waals surface area contributed by atoms with E-state index < -0.39 is 4.92 Å². The van der Waals surface area contributed by atoms with Crippen molar-refractivity contribution in [1.29, 1.82) is 0 Å². The maximum absolute atomic E-state index is 12.6. The third-order valence-corrected chi connectivity index (χ3v) is 4.53. The summed E-state index contributed by atoms with van der Waals surface area (Å²) in [6.45, 7) is 2.58. The molecule has 2 aliphatic rings. The average molecular weight is 289 g/mol. The Morgan fingerprint density at radius 3 is 3.00 bits per heavy atom. The number of nitrogens with one attached hydrogen (secondary N) is 1. The molecule has 1 N–H and O–H groups in total. The monoisotopic (exact) mass is 289 g/mol. The molecule has 0 radical (unpaired) electrons. The van der Waals surface area contributed by atoms with E-state index in [9.17, 15) is 14.9 Å². The van der Waals surface area contributed by atoms with Gasteiger partial charge in [0, 0.05) is 37.3 Å². The van der Waals surface area contributed by atoms with Crippen molar-refractivity contribution in [1.82, 2.24) is 10.2 Å². The van der Waals surface area contributed by atoms with Gasteiger partial charge in [0.25, 0.3) is 5.69 Å². The van der Waals surface area contributed by atoms with E-state index in [1.54, 1.807) is 18.2 Å². The number of benzene rings is 1. The molecule has 2 fully saturated rings. The number of hydrogen-bond donors (Lipinski definition) is 1. The van der Waals surface area contributed by atoms with Gasteiger partial charge in [0.2, 0.25) is 5.91 Å². The molecule has 2 heterocycles. The minimum Gasteiger partial charge on any atom is -0.338 e. The van der Waals surface area contributed by atoms with Gasteiger partial charge in [0.1, 0.15) is 0 Å². The first-order valence-electron chi connectivity index (χ1n) is 7.39. The minimum atomic E-state index is -0.418. The molecule has 3 rings (SSSR count). The molecule has 1 aromatic rings. The van der Waals surface area contributed by atoms with Crippen molar-refractivity contribution in [2.45, 2.75) is 25.3 Å². The fraction of sp³-hybridized carbons (Fsp3) is 0.533. The molecular formula is C15H19N3O3. The number of piperidine rings is 1. The van der Waals surface area contributed by atoms with Crippen LogP contribution in [-0.4, -0.2) is 41.4 Å². The lowest BCUT2D eigenvalue weighted by Gasteiger charge is -2.37. The first kappa shape index (κ1) is 14.0. The number of carbonyl (C=O) groups excluding carboxylic acids is 1. The Kier molecular flexibility index (Phi) is 3.88. The Bertz CT molecular complexity index is 561. The zero-order valence-corrected chi connectivity index (χ0v) is 11.8. The molecule has 112 valence electrons. The van der Waals surface area contributed by atoms with Gasteiger partial charge >= 0.3 is 0 Å². The smallest absolute Gasteiger partial charge is 0.273 e. The number of nitro benzene ring substituents is 1. The molecule has 0 aromatic heterocycles. The molecule has 0 bridgehead atoms. The standard InChI is InChI=1S/C15H19N3O3/c19-15(8-11-4-1-2-6-13(11)18(20)21)17-7-3-5-12-9-16-10-14(12)17/h1-2,4,6,12,14,16H,3,5,7-10H2. The maximum Gasteiger partial charge on any atom is 0.273 e. The third-order valence-electron chi connectivity index (χ3n) is 4.53. The number of para-hydroxylation sites is 1. The zero-order chi connectivity index (χ0) is 14.8. The number of fused-ring (bicyclic) bond motifs is 1. The minimum absolute atomic E-state index is 0.00250. The van der Waals surface area contributed by atoms with E-state index in [0.717, 1.165) is 32.5 Å². The number of carbonyl (C=O) groups is 1. The molecule has 1 amide bonds. The summed E-state index contributed by atoms with van der Waals surface area (Å²) in [5, 5.41) is 14.4. The Balaban J connectivity index is 1.76. The van der Waals surface area contributed by atoms with E-state index in [1.807, 2.05) is 4.90 Å². The summed E-state index contributed by atoms with van der Waals surface area (Å²) in [7, 11) is 0. The summed E-state index contributed by atoms with van der Waals surface area (Å²) in [5.74, 6) is 0.538. The second-order valence-electron chi connectivity index (χ2n) is 5.78. The van der Waals surface area contributed by atoms with E-state index in [0.29, 0.717) is 11.5 Å².